The third-order valence-electron chi connectivity index (χ3n) is 3.19. The van der Waals surface area contributed by atoms with E-state index in [0.717, 1.165) is 23.9 Å². The zero-order chi connectivity index (χ0) is 19.3. The molecule has 0 aliphatic rings. The van der Waals surface area contributed by atoms with Gasteiger partial charge in [0.15, 0.2) is 6.61 Å². The molecule has 138 valence electrons. The predicted octanol–water partition coefficient (Wildman–Crippen LogP) is 3.17. The van der Waals surface area contributed by atoms with Gasteiger partial charge in [0.25, 0.3) is 11.6 Å². The summed E-state index contributed by atoms with van der Waals surface area (Å²) in [5.74, 6) is -1.12. The van der Waals surface area contributed by atoms with Crippen LogP contribution in [0.3, 0.4) is 0 Å². The van der Waals surface area contributed by atoms with Gasteiger partial charge in [-0.25, -0.2) is 0 Å². The molecule has 0 unspecified atom stereocenters. The monoisotopic (exact) mass is 369 g/mol. The van der Waals surface area contributed by atoms with Crippen molar-refractivity contribution >= 4 is 11.6 Å². The number of aryl methyl sites for hydroxylation is 1. The lowest BCUT2D eigenvalue weighted by atomic mass is 10.1. The number of nitro groups is 1. The van der Waals surface area contributed by atoms with E-state index in [0.29, 0.717) is 5.69 Å². The van der Waals surface area contributed by atoms with E-state index in [-0.39, 0.29) is 12.3 Å². The maximum absolute atomic E-state index is 12.3. The third-order valence-corrected chi connectivity index (χ3v) is 3.19. The van der Waals surface area contributed by atoms with Crippen molar-refractivity contribution in [1.29, 1.82) is 0 Å². The molecular weight excluding hydrogens is 355 g/mol. The number of hydrogen-bond donors (Lipinski definition) is 1. The molecule has 0 aliphatic heterocycles. The topological polar surface area (TPSA) is 94.4 Å². The number of amides is 1. The second-order valence-electron chi connectivity index (χ2n) is 5.29. The van der Waals surface area contributed by atoms with Crippen molar-refractivity contribution in [3.05, 3.63) is 63.5 Å². The first-order valence-corrected chi connectivity index (χ1v) is 7.34. The van der Waals surface area contributed by atoms with Crippen molar-refractivity contribution < 1.29 is 27.6 Å². The molecule has 0 atom stereocenters. The van der Waals surface area contributed by atoms with Crippen LogP contribution in [0.1, 0.15) is 21.7 Å². The average molecular weight is 369 g/mol. The maximum Gasteiger partial charge on any atom is 0.422 e. The highest BCUT2D eigenvalue weighted by atomic mass is 19.4. The molecule has 0 aliphatic carbocycles. The number of carbonyl (C=O) groups is 1. The highest BCUT2D eigenvalue weighted by molar-refractivity contribution is 5.98. The highest BCUT2D eigenvalue weighted by Gasteiger charge is 2.29. The third kappa shape index (κ3) is 5.43. The molecule has 1 N–H and O–H groups in total. The summed E-state index contributed by atoms with van der Waals surface area (Å²) in [6.45, 7) is 0.196. The summed E-state index contributed by atoms with van der Waals surface area (Å²) in [7, 11) is 0. The molecule has 2 aromatic rings. The normalized spacial score (nSPS) is 11.1. The molecule has 0 saturated carbocycles. The minimum atomic E-state index is -4.57. The van der Waals surface area contributed by atoms with Crippen molar-refractivity contribution in [2.24, 2.45) is 0 Å². The van der Waals surface area contributed by atoms with Gasteiger partial charge in [-0.15, -0.1) is 0 Å². The van der Waals surface area contributed by atoms with E-state index in [9.17, 15) is 28.1 Å². The molecule has 26 heavy (non-hydrogen) atoms. The molecule has 1 aromatic heterocycles. The Balaban J connectivity index is 2.18. The van der Waals surface area contributed by atoms with Crippen LogP contribution in [-0.2, 0) is 6.54 Å². The quantitative estimate of drug-likeness (QED) is 0.623. The lowest BCUT2D eigenvalue weighted by Gasteiger charge is -2.11. The van der Waals surface area contributed by atoms with Crippen molar-refractivity contribution in [3.63, 3.8) is 0 Å². The first-order valence-electron chi connectivity index (χ1n) is 7.34. The number of hydrogen-bond acceptors (Lipinski definition) is 5. The summed E-state index contributed by atoms with van der Waals surface area (Å²) in [6.07, 6.45) is -4.57. The first-order chi connectivity index (χ1) is 12.2. The number of alkyl halides is 3. The van der Waals surface area contributed by atoms with Crippen molar-refractivity contribution in [3.8, 4) is 5.75 Å². The number of halogens is 3. The number of pyridine rings is 1. The molecule has 1 aromatic carbocycles. The number of nitrogens with zero attached hydrogens (tertiary/aromatic N) is 2. The van der Waals surface area contributed by atoms with Gasteiger partial charge in [-0.3, -0.25) is 19.9 Å². The van der Waals surface area contributed by atoms with E-state index >= 15 is 0 Å². The van der Waals surface area contributed by atoms with Crippen LogP contribution < -0.4 is 10.1 Å². The lowest BCUT2D eigenvalue weighted by molar-refractivity contribution is -0.385. The fourth-order valence-electron chi connectivity index (χ4n) is 2.08. The first kappa shape index (κ1) is 19.2. The van der Waals surface area contributed by atoms with Gasteiger partial charge < -0.3 is 10.1 Å². The van der Waals surface area contributed by atoms with Gasteiger partial charge in [0.05, 0.1) is 17.2 Å². The predicted molar refractivity (Wildman–Crippen MR) is 84.8 cm³/mol. The van der Waals surface area contributed by atoms with Gasteiger partial charge in [0, 0.05) is 11.8 Å². The molecule has 0 saturated heterocycles. The Kier molecular flexibility index (Phi) is 5.75. The van der Waals surface area contributed by atoms with Gasteiger partial charge in [0.1, 0.15) is 11.3 Å². The number of ether oxygens (including phenoxy) is 1. The molecule has 7 nitrogen and oxygen atoms in total. The van der Waals surface area contributed by atoms with Crippen LogP contribution >= 0.6 is 0 Å². The lowest BCUT2D eigenvalue weighted by Crippen LogP contribution is -2.24. The van der Waals surface area contributed by atoms with Crippen LogP contribution in [0, 0.1) is 17.0 Å². The molecular formula is C16H14F3N3O4. The molecule has 0 bridgehead atoms. The molecule has 0 radical (unpaired) electrons. The number of nitro benzene ring substituents is 1. The standard InChI is InChI=1S/C16H14F3N3O4/c1-10-3-2-4-11(21-10)8-20-15(23)13-7-12(26-9-16(17,18)19)5-6-14(13)22(24)25/h2-7H,8-9H2,1H3,(H,20,23). The van der Waals surface area contributed by atoms with Crippen LogP contribution in [0.15, 0.2) is 36.4 Å². The fraction of sp³-hybridized carbons (Fsp3) is 0.250. The van der Waals surface area contributed by atoms with Crippen molar-refractivity contribution in [1.82, 2.24) is 10.3 Å². The molecule has 1 heterocycles. The van der Waals surface area contributed by atoms with E-state index in [1.165, 1.54) is 0 Å². The largest absolute Gasteiger partial charge is 0.484 e. The maximum atomic E-state index is 12.3. The highest BCUT2D eigenvalue weighted by Crippen LogP contribution is 2.26. The van der Waals surface area contributed by atoms with E-state index in [1.54, 1.807) is 25.1 Å². The Morgan fingerprint density at radius 2 is 2.04 bits per heavy atom. The summed E-state index contributed by atoms with van der Waals surface area (Å²) in [4.78, 5) is 26.7. The number of rotatable bonds is 6. The second kappa shape index (κ2) is 7.81. The molecule has 0 fully saturated rings. The van der Waals surface area contributed by atoms with Crippen LogP contribution in [0.25, 0.3) is 0 Å². The Labute approximate surface area is 146 Å². The van der Waals surface area contributed by atoms with E-state index in [4.69, 9.17) is 0 Å². The second-order valence-corrected chi connectivity index (χ2v) is 5.29. The van der Waals surface area contributed by atoms with Crippen LogP contribution in [0.4, 0.5) is 18.9 Å². The molecule has 10 heteroatoms. The Hall–Kier alpha value is -3.17. The zero-order valence-corrected chi connectivity index (χ0v) is 13.5. The number of aromatic nitrogens is 1. The average Bonchev–Trinajstić information content (AvgIpc) is 2.57. The Morgan fingerprint density at radius 3 is 2.65 bits per heavy atom. The van der Waals surface area contributed by atoms with E-state index in [2.05, 4.69) is 15.0 Å². The van der Waals surface area contributed by atoms with E-state index < -0.39 is 34.9 Å². The molecule has 0 spiro atoms. The van der Waals surface area contributed by atoms with Crippen molar-refractivity contribution in [2.45, 2.75) is 19.6 Å². The Bertz CT molecular complexity index is 825. The number of benzene rings is 1. The van der Waals surface area contributed by atoms with E-state index in [1.807, 2.05) is 0 Å². The SMILES string of the molecule is Cc1cccc(CNC(=O)c2cc(OCC(F)(F)F)ccc2[N+](=O)[O-])n1. The van der Waals surface area contributed by atoms with Gasteiger partial charge in [-0.05, 0) is 31.2 Å². The van der Waals surface area contributed by atoms with Crippen molar-refractivity contribution in [2.75, 3.05) is 6.61 Å². The molecule has 1 amide bonds. The minimum Gasteiger partial charge on any atom is -0.484 e. The fourth-order valence-corrected chi connectivity index (χ4v) is 2.08. The summed E-state index contributed by atoms with van der Waals surface area (Å²) in [5, 5.41) is 13.5. The summed E-state index contributed by atoms with van der Waals surface area (Å²) in [6, 6.07) is 7.98. The van der Waals surface area contributed by atoms with Gasteiger partial charge in [0.2, 0.25) is 0 Å². The Morgan fingerprint density at radius 1 is 1.31 bits per heavy atom. The van der Waals surface area contributed by atoms with Gasteiger partial charge >= 0.3 is 6.18 Å². The summed E-state index contributed by atoms with van der Waals surface area (Å²) >= 11 is 0. The van der Waals surface area contributed by atoms with Crippen LogP contribution in [0.5, 0.6) is 5.75 Å². The molecule has 2 rings (SSSR count). The summed E-state index contributed by atoms with van der Waals surface area (Å²) in [5.41, 5.74) is 0.317. The zero-order valence-electron chi connectivity index (χ0n) is 13.5. The van der Waals surface area contributed by atoms with Gasteiger partial charge in [-0.2, -0.15) is 13.2 Å². The summed E-state index contributed by atoms with van der Waals surface area (Å²) < 4.78 is 41.2. The van der Waals surface area contributed by atoms with Crippen LogP contribution in [-0.4, -0.2) is 28.6 Å². The number of carbonyl (C=O) groups excluding carboxylic acids is 1. The van der Waals surface area contributed by atoms with Gasteiger partial charge in [-0.1, -0.05) is 6.07 Å². The smallest absolute Gasteiger partial charge is 0.422 e. The minimum absolute atomic E-state index is 0.00526. The number of nitrogens with one attached hydrogen (secondary N) is 1. The van der Waals surface area contributed by atoms with Crippen LogP contribution in [0.2, 0.25) is 0 Å².